The van der Waals surface area contributed by atoms with Gasteiger partial charge in [0, 0.05) is 6.54 Å². The molecule has 3 atom stereocenters. The van der Waals surface area contributed by atoms with E-state index in [2.05, 4.69) is 17.6 Å². The van der Waals surface area contributed by atoms with Crippen molar-refractivity contribution in [2.75, 3.05) is 13.2 Å². The first-order valence-corrected chi connectivity index (χ1v) is 8.30. The Morgan fingerprint density at radius 2 is 2.17 bits per heavy atom. The van der Waals surface area contributed by atoms with E-state index in [-0.39, 0.29) is 11.8 Å². The van der Waals surface area contributed by atoms with Crippen molar-refractivity contribution in [1.29, 1.82) is 0 Å². The number of amides is 2. The molecule has 1 aliphatic carbocycles. The number of rotatable bonds is 7. The molecule has 1 aromatic rings. The largest absolute Gasteiger partial charge is 0.472 e. The minimum atomic E-state index is -0.606. The molecule has 23 heavy (non-hydrogen) atoms. The van der Waals surface area contributed by atoms with Crippen molar-refractivity contribution in [2.24, 2.45) is 5.92 Å². The van der Waals surface area contributed by atoms with Crippen LogP contribution in [0.2, 0.25) is 0 Å². The molecule has 1 heterocycles. The average molecular weight is 322 g/mol. The lowest BCUT2D eigenvalue weighted by atomic mass is 9.88. The zero-order valence-electron chi connectivity index (χ0n) is 13.8. The van der Waals surface area contributed by atoms with Crippen LogP contribution in [0.3, 0.4) is 0 Å². The molecule has 0 radical (unpaired) electrons. The molecular formula is C17H26N2O4. The summed E-state index contributed by atoms with van der Waals surface area (Å²) in [6.07, 6.45) is 7.89. The van der Waals surface area contributed by atoms with Gasteiger partial charge in [-0.2, -0.15) is 0 Å². The molecule has 3 unspecified atom stereocenters. The van der Waals surface area contributed by atoms with Crippen molar-refractivity contribution < 1.29 is 18.7 Å². The van der Waals surface area contributed by atoms with Crippen LogP contribution in [0.15, 0.2) is 23.0 Å². The smallest absolute Gasteiger partial charge is 0.255 e. The third-order valence-electron chi connectivity index (χ3n) is 4.29. The van der Waals surface area contributed by atoms with Gasteiger partial charge in [0.05, 0.1) is 24.5 Å². The molecule has 2 N–H and O–H groups in total. The van der Waals surface area contributed by atoms with Crippen LogP contribution in [0.1, 0.15) is 49.9 Å². The van der Waals surface area contributed by atoms with E-state index >= 15 is 0 Å². The first-order valence-electron chi connectivity index (χ1n) is 8.30. The van der Waals surface area contributed by atoms with Crippen molar-refractivity contribution in [2.45, 2.75) is 51.7 Å². The maximum atomic E-state index is 12.0. The van der Waals surface area contributed by atoms with Gasteiger partial charge in [0.15, 0.2) is 0 Å². The number of carbonyl (C=O) groups excluding carboxylic acids is 2. The normalized spacial score (nSPS) is 22.3. The van der Waals surface area contributed by atoms with Crippen molar-refractivity contribution in [3.05, 3.63) is 24.2 Å². The highest BCUT2D eigenvalue weighted by Crippen LogP contribution is 2.25. The van der Waals surface area contributed by atoms with E-state index in [1.807, 2.05) is 0 Å². The Kier molecular flexibility index (Phi) is 6.65. The van der Waals surface area contributed by atoms with E-state index < -0.39 is 6.04 Å². The van der Waals surface area contributed by atoms with Crippen LogP contribution in [-0.4, -0.2) is 37.1 Å². The summed E-state index contributed by atoms with van der Waals surface area (Å²) in [4.78, 5) is 23.8. The molecule has 0 saturated heterocycles. The average Bonchev–Trinajstić information content (AvgIpc) is 3.07. The minimum Gasteiger partial charge on any atom is -0.472 e. The molecule has 1 fully saturated rings. The van der Waals surface area contributed by atoms with Crippen LogP contribution in [0.4, 0.5) is 0 Å². The van der Waals surface area contributed by atoms with Gasteiger partial charge in [0.25, 0.3) is 5.91 Å². The summed E-state index contributed by atoms with van der Waals surface area (Å²) in [7, 11) is 0. The molecule has 0 aromatic carbocycles. The maximum Gasteiger partial charge on any atom is 0.255 e. The molecule has 0 bridgehead atoms. The van der Waals surface area contributed by atoms with Crippen molar-refractivity contribution in [3.8, 4) is 0 Å². The van der Waals surface area contributed by atoms with Crippen LogP contribution in [0, 0.1) is 5.92 Å². The lowest BCUT2D eigenvalue weighted by Gasteiger charge is -2.28. The second-order valence-electron chi connectivity index (χ2n) is 6.17. The molecule has 6 heteroatoms. The SMILES string of the molecule is CC(NC(=O)c1ccoc1)C(=O)NCCOC1CCCCC1C. The predicted molar refractivity (Wildman–Crippen MR) is 86.0 cm³/mol. The Morgan fingerprint density at radius 3 is 2.87 bits per heavy atom. The highest BCUT2D eigenvalue weighted by atomic mass is 16.5. The Balaban J connectivity index is 1.63. The van der Waals surface area contributed by atoms with Gasteiger partial charge >= 0.3 is 0 Å². The van der Waals surface area contributed by atoms with Gasteiger partial charge in [-0.3, -0.25) is 9.59 Å². The maximum absolute atomic E-state index is 12.0. The van der Waals surface area contributed by atoms with E-state index in [1.54, 1.807) is 13.0 Å². The zero-order valence-corrected chi connectivity index (χ0v) is 13.8. The fourth-order valence-electron chi connectivity index (χ4n) is 2.81. The molecule has 0 spiro atoms. The van der Waals surface area contributed by atoms with Crippen molar-refractivity contribution >= 4 is 11.8 Å². The molecular weight excluding hydrogens is 296 g/mol. The van der Waals surface area contributed by atoms with Gasteiger partial charge in [0.2, 0.25) is 5.91 Å². The lowest BCUT2D eigenvalue weighted by molar-refractivity contribution is -0.123. The fourth-order valence-corrected chi connectivity index (χ4v) is 2.81. The van der Waals surface area contributed by atoms with E-state index in [0.717, 1.165) is 6.42 Å². The van der Waals surface area contributed by atoms with E-state index in [0.29, 0.717) is 30.7 Å². The number of carbonyl (C=O) groups is 2. The Morgan fingerprint density at radius 1 is 1.39 bits per heavy atom. The number of hydrogen-bond acceptors (Lipinski definition) is 4. The summed E-state index contributed by atoms with van der Waals surface area (Å²) in [5.74, 6) is 0.0449. The summed E-state index contributed by atoms with van der Waals surface area (Å²) >= 11 is 0. The molecule has 0 aliphatic heterocycles. The Bertz CT molecular complexity index is 501. The molecule has 1 aromatic heterocycles. The molecule has 6 nitrogen and oxygen atoms in total. The third-order valence-corrected chi connectivity index (χ3v) is 4.29. The van der Waals surface area contributed by atoms with Crippen LogP contribution in [0.25, 0.3) is 0 Å². The first kappa shape index (κ1) is 17.5. The van der Waals surface area contributed by atoms with Crippen molar-refractivity contribution in [3.63, 3.8) is 0 Å². The van der Waals surface area contributed by atoms with E-state index in [1.165, 1.54) is 31.8 Å². The summed E-state index contributed by atoms with van der Waals surface area (Å²) in [6.45, 7) is 4.82. The van der Waals surface area contributed by atoms with Gasteiger partial charge in [-0.05, 0) is 31.7 Å². The Labute approximate surface area is 137 Å². The van der Waals surface area contributed by atoms with Crippen LogP contribution < -0.4 is 10.6 Å². The molecule has 1 saturated carbocycles. The zero-order chi connectivity index (χ0) is 16.7. The second kappa shape index (κ2) is 8.72. The van der Waals surface area contributed by atoms with Gasteiger partial charge in [0.1, 0.15) is 12.3 Å². The highest BCUT2D eigenvalue weighted by Gasteiger charge is 2.22. The van der Waals surface area contributed by atoms with Gasteiger partial charge in [-0.25, -0.2) is 0 Å². The summed E-state index contributed by atoms with van der Waals surface area (Å²) in [5.41, 5.74) is 0.402. The van der Waals surface area contributed by atoms with Gasteiger partial charge in [-0.15, -0.1) is 0 Å². The quantitative estimate of drug-likeness (QED) is 0.754. The fraction of sp³-hybridized carbons (Fsp3) is 0.647. The first-order chi connectivity index (χ1) is 11.1. The number of furan rings is 1. The van der Waals surface area contributed by atoms with Crippen LogP contribution in [-0.2, 0) is 9.53 Å². The molecule has 128 valence electrons. The topological polar surface area (TPSA) is 80.6 Å². The van der Waals surface area contributed by atoms with Crippen LogP contribution in [0.5, 0.6) is 0 Å². The van der Waals surface area contributed by atoms with E-state index in [4.69, 9.17) is 9.15 Å². The predicted octanol–water partition coefficient (Wildman–Crippen LogP) is 2.11. The van der Waals surface area contributed by atoms with Crippen molar-refractivity contribution in [1.82, 2.24) is 10.6 Å². The lowest BCUT2D eigenvalue weighted by Crippen LogP contribution is -2.45. The molecule has 1 aliphatic rings. The summed E-state index contributed by atoms with van der Waals surface area (Å²) in [6, 6.07) is 0.949. The number of hydrogen-bond donors (Lipinski definition) is 2. The number of nitrogens with one attached hydrogen (secondary N) is 2. The summed E-state index contributed by atoms with van der Waals surface area (Å²) in [5, 5.41) is 5.41. The monoisotopic (exact) mass is 322 g/mol. The van der Waals surface area contributed by atoms with Gasteiger partial charge in [-0.1, -0.05) is 19.8 Å². The van der Waals surface area contributed by atoms with Crippen LogP contribution >= 0.6 is 0 Å². The molecule has 2 amide bonds. The minimum absolute atomic E-state index is 0.220. The van der Waals surface area contributed by atoms with Gasteiger partial charge < -0.3 is 19.8 Å². The third kappa shape index (κ3) is 5.39. The highest BCUT2D eigenvalue weighted by molar-refractivity contribution is 5.97. The standard InChI is InChI=1S/C17H26N2O4/c1-12-5-3-4-6-15(12)23-10-8-18-16(20)13(2)19-17(21)14-7-9-22-11-14/h7,9,11-13,15H,3-6,8,10H2,1-2H3,(H,18,20)(H,19,21). The Hall–Kier alpha value is -1.82. The number of ether oxygens (including phenoxy) is 1. The summed E-state index contributed by atoms with van der Waals surface area (Å²) < 4.78 is 10.7. The second-order valence-corrected chi connectivity index (χ2v) is 6.17. The molecule has 2 rings (SSSR count). The van der Waals surface area contributed by atoms with E-state index in [9.17, 15) is 9.59 Å².